The number of carbonyl (C=O) groups excluding carboxylic acids is 1. The lowest BCUT2D eigenvalue weighted by atomic mass is 10.1. The highest BCUT2D eigenvalue weighted by Crippen LogP contribution is 2.23. The molecule has 0 radical (unpaired) electrons. The van der Waals surface area contributed by atoms with Gasteiger partial charge in [0, 0.05) is 30.3 Å². The molecule has 1 heterocycles. The molecule has 0 bridgehead atoms. The molecule has 0 aliphatic carbocycles. The van der Waals surface area contributed by atoms with E-state index in [1.165, 1.54) is 0 Å². The number of carbonyl (C=O) groups is 1. The van der Waals surface area contributed by atoms with Crippen molar-refractivity contribution in [2.24, 2.45) is 0 Å². The number of hydrogen-bond acceptors (Lipinski definition) is 5. The van der Waals surface area contributed by atoms with Gasteiger partial charge in [-0.05, 0) is 25.1 Å². The summed E-state index contributed by atoms with van der Waals surface area (Å²) in [6, 6.07) is 5.31. The van der Waals surface area contributed by atoms with E-state index in [1.807, 2.05) is 6.92 Å². The fourth-order valence-electron chi connectivity index (χ4n) is 2.26. The normalized spacial score (nSPS) is 18.3. The Morgan fingerprint density at radius 2 is 2.43 bits per heavy atom. The summed E-state index contributed by atoms with van der Waals surface area (Å²) in [5.41, 5.74) is 1.32. The molecule has 1 unspecified atom stereocenters. The summed E-state index contributed by atoms with van der Waals surface area (Å²) in [4.78, 5) is 12.0. The first-order valence-electron chi connectivity index (χ1n) is 7.20. The summed E-state index contributed by atoms with van der Waals surface area (Å²) in [5, 5.41) is 15.4. The first-order valence-corrected chi connectivity index (χ1v) is 7.20. The fraction of sp³-hybridized carbons (Fsp3) is 0.533. The van der Waals surface area contributed by atoms with E-state index in [-0.39, 0.29) is 18.6 Å². The number of rotatable bonds is 6. The van der Waals surface area contributed by atoms with Crippen molar-refractivity contribution in [2.45, 2.75) is 26.0 Å². The lowest BCUT2D eigenvalue weighted by Crippen LogP contribution is -2.43. The molecule has 6 heteroatoms. The maximum Gasteiger partial charge on any atom is 0.226 e. The fourth-order valence-corrected chi connectivity index (χ4v) is 2.26. The van der Waals surface area contributed by atoms with E-state index in [1.54, 1.807) is 18.2 Å². The van der Waals surface area contributed by atoms with Crippen molar-refractivity contribution in [3.8, 4) is 5.75 Å². The number of benzene rings is 1. The number of aliphatic hydroxyl groups excluding tert-OH is 1. The molecule has 0 spiro atoms. The molecule has 6 nitrogen and oxygen atoms in total. The number of nitrogens with one attached hydrogen (secondary N) is 2. The smallest absolute Gasteiger partial charge is 0.226 e. The standard InChI is InChI=1S/C15H22N2O4/c1-2-21-14-4-3-12(7-11(14)9-18)17-15(19)8-13-10-20-6-5-16-13/h3-4,7,13,16,18H,2,5-6,8-10H2,1H3,(H,17,19). The maximum absolute atomic E-state index is 12.0. The van der Waals surface area contributed by atoms with Crippen molar-refractivity contribution in [2.75, 3.05) is 31.7 Å². The van der Waals surface area contributed by atoms with Crippen LogP contribution in [0.2, 0.25) is 0 Å². The summed E-state index contributed by atoms with van der Waals surface area (Å²) < 4.78 is 10.7. The molecule has 1 fully saturated rings. The molecule has 1 aromatic carbocycles. The van der Waals surface area contributed by atoms with Gasteiger partial charge in [-0.15, -0.1) is 0 Å². The molecule has 116 valence electrons. The average molecular weight is 294 g/mol. The van der Waals surface area contributed by atoms with Crippen LogP contribution in [0.15, 0.2) is 18.2 Å². The van der Waals surface area contributed by atoms with Crippen LogP contribution in [0.4, 0.5) is 5.69 Å². The number of anilines is 1. The maximum atomic E-state index is 12.0. The predicted octanol–water partition coefficient (Wildman–Crippen LogP) is 0.895. The first-order chi connectivity index (χ1) is 10.2. The quantitative estimate of drug-likeness (QED) is 0.726. The van der Waals surface area contributed by atoms with Gasteiger partial charge >= 0.3 is 0 Å². The summed E-state index contributed by atoms with van der Waals surface area (Å²) in [5.74, 6) is 0.561. The second-order valence-electron chi connectivity index (χ2n) is 4.89. The van der Waals surface area contributed by atoms with E-state index in [0.29, 0.717) is 43.2 Å². The zero-order chi connectivity index (χ0) is 15.1. The Balaban J connectivity index is 1.93. The van der Waals surface area contributed by atoms with Crippen LogP contribution in [0.5, 0.6) is 5.75 Å². The third kappa shape index (κ3) is 4.70. The summed E-state index contributed by atoms with van der Waals surface area (Å²) >= 11 is 0. The molecule has 2 rings (SSSR count). The highest BCUT2D eigenvalue weighted by atomic mass is 16.5. The third-order valence-corrected chi connectivity index (χ3v) is 3.24. The number of ether oxygens (including phenoxy) is 2. The van der Waals surface area contributed by atoms with Gasteiger partial charge in [0.1, 0.15) is 5.75 Å². The Kier molecular flexibility index (Phi) is 5.98. The van der Waals surface area contributed by atoms with Gasteiger partial charge in [-0.25, -0.2) is 0 Å². The van der Waals surface area contributed by atoms with Gasteiger partial charge < -0.3 is 25.2 Å². The van der Waals surface area contributed by atoms with Crippen molar-refractivity contribution in [1.82, 2.24) is 5.32 Å². The zero-order valence-electron chi connectivity index (χ0n) is 12.2. The van der Waals surface area contributed by atoms with Crippen LogP contribution >= 0.6 is 0 Å². The number of aliphatic hydroxyl groups is 1. The third-order valence-electron chi connectivity index (χ3n) is 3.24. The van der Waals surface area contributed by atoms with Gasteiger partial charge in [-0.1, -0.05) is 0 Å². The summed E-state index contributed by atoms with van der Waals surface area (Å²) in [6.07, 6.45) is 0.363. The van der Waals surface area contributed by atoms with Gasteiger partial charge in [-0.3, -0.25) is 4.79 Å². The summed E-state index contributed by atoms with van der Waals surface area (Å²) in [7, 11) is 0. The number of morpholine rings is 1. The topological polar surface area (TPSA) is 79.8 Å². The predicted molar refractivity (Wildman–Crippen MR) is 79.4 cm³/mol. The Bertz CT molecular complexity index is 473. The highest BCUT2D eigenvalue weighted by molar-refractivity contribution is 5.91. The minimum atomic E-state index is -0.128. The Morgan fingerprint density at radius 1 is 1.57 bits per heavy atom. The largest absolute Gasteiger partial charge is 0.494 e. The highest BCUT2D eigenvalue weighted by Gasteiger charge is 2.17. The average Bonchev–Trinajstić information content (AvgIpc) is 2.50. The van der Waals surface area contributed by atoms with Crippen LogP contribution in [0.25, 0.3) is 0 Å². The molecule has 0 saturated carbocycles. The first kappa shape index (κ1) is 15.8. The molecule has 1 aliphatic heterocycles. The second kappa shape index (κ2) is 7.97. The van der Waals surface area contributed by atoms with E-state index in [9.17, 15) is 9.90 Å². The second-order valence-corrected chi connectivity index (χ2v) is 4.89. The molecule has 1 saturated heterocycles. The van der Waals surface area contributed by atoms with E-state index < -0.39 is 0 Å². The Hall–Kier alpha value is -1.63. The van der Waals surface area contributed by atoms with Crippen LogP contribution in [-0.4, -0.2) is 43.4 Å². The van der Waals surface area contributed by atoms with Gasteiger partial charge in [-0.2, -0.15) is 0 Å². The van der Waals surface area contributed by atoms with Crippen molar-refractivity contribution < 1.29 is 19.4 Å². The van der Waals surface area contributed by atoms with Crippen molar-refractivity contribution in [3.63, 3.8) is 0 Å². The van der Waals surface area contributed by atoms with Gasteiger partial charge in [0.25, 0.3) is 0 Å². The van der Waals surface area contributed by atoms with Gasteiger partial charge in [0.05, 0.1) is 26.4 Å². The number of amides is 1. The molecule has 1 aromatic rings. The van der Waals surface area contributed by atoms with Crippen molar-refractivity contribution in [1.29, 1.82) is 0 Å². The molecular formula is C15H22N2O4. The minimum absolute atomic E-state index is 0.0544. The van der Waals surface area contributed by atoms with E-state index in [2.05, 4.69) is 10.6 Å². The summed E-state index contributed by atoms with van der Waals surface area (Å²) in [6.45, 7) is 4.31. The zero-order valence-corrected chi connectivity index (χ0v) is 12.2. The molecule has 0 aromatic heterocycles. The molecular weight excluding hydrogens is 272 g/mol. The molecule has 1 atom stereocenters. The SMILES string of the molecule is CCOc1ccc(NC(=O)CC2COCCN2)cc1CO. The van der Waals surface area contributed by atoms with Crippen LogP contribution < -0.4 is 15.4 Å². The van der Waals surface area contributed by atoms with Gasteiger partial charge in [0.15, 0.2) is 0 Å². The van der Waals surface area contributed by atoms with Crippen LogP contribution in [0.1, 0.15) is 18.9 Å². The van der Waals surface area contributed by atoms with Gasteiger partial charge in [0.2, 0.25) is 5.91 Å². The van der Waals surface area contributed by atoms with Crippen molar-refractivity contribution in [3.05, 3.63) is 23.8 Å². The molecule has 21 heavy (non-hydrogen) atoms. The minimum Gasteiger partial charge on any atom is -0.494 e. The van der Waals surface area contributed by atoms with E-state index >= 15 is 0 Å². The Labute approximate surface area is 124 Å². The van der Waals surface area contributed by atoms with Crippen LogP contribution in [0, 0.1) is 0 Å². The van der Waals surface area contributed by atoms with Crippen LogP contribution in [0.3, 0.4) is 0 Å². The molecule has 3 N–H and O–H groups in total. The van der Waals surface area contributed by atoms with Crippen LogP contribution in [-0.2, 0) is 16.1 Å². The lowest BCUT2D eigenvalue weighted by molar-refractivity contribution is -0.117. The Morgan fingerprint density at radius 3 is 3.10 bits per heavy atom. The van der Waals surface area contributed by atoms with E-state index in [4.69, 9.17) is 9.47 Å². The monoisotopic (exact) mass is 294 g/mol. The van der Waals surface area contributed by atoms with Crippen molar-refractivity contribution >= 4 is 11.6 Å². The molecule has 1 aliphatic rings. The number of hydrogen-bond donors (Lipinski definition) is 3. The lowest BCUT2D eigenvalue weighted by Gasteiger charge is -2.23. The molecule has 1 amide bonds. The van der Waals surface area contributed by atoms with E-state index in [0.717, 1.165) is 6.54 Å².